The molecule has 0 spiro atoms. The van der Waals surface area contributed by atoms with Crippen LogP contribution in [0.1, 0.15) is 20.8 Å². The molecule has 3 unspecified atom stereocenters. The molecule has 2 saturated heterocycles. The minimum absolute atomic E-state index is 0.0909. The standard InChI is InChI=1S/C8H14O4/c1-4-5-6(7(9)10-4)12-8(2,3)11-5/h4-7,9H,1-3H3/t4-,5?,6?,7?/m1/s1. The van der Waals surface area contributed by atoms with Crippen molar-refractivity contribution in [1.82, 2.24) is 0 Å². The van der Waals surface area contributed by atoms with Gasteiger partial charge in [0.2, 0.25) is 0 Å². The van der Waals surface area contributed by atoms with Crippen LogP contribution in [-0.2, 0) is 14.2 Å². The van der Waals surface area contributed by atoms with Crippen molar-refractivity contribution < 1.29 is 19.3 Å². The molecule has 0 amide bonds. The van der Waals surface area contributed by atoms with E-state index in [1.807, 2.05) is 20.8 Å². The first kappa shape index (κ1) is 8.44. The zero-order chi connectivity index (χ0) is 8.93. The molecule has 0 aliphatic carbocycles. The van der Waals surface area contributed by atoms with E-state index in [0.717, 1.165) is 0 Å². The summed E-state index contributed by atoms with van der Waals surface area (Å²) in [6.45, 7) is 5.55. The second-order valence-corrected chi connectivity index (χ2v) is 3.80. The van der Waals surface area contributed by atoms with Gasteiger partial charge in [-0.05, 0) is 20.8 Å². The lowest BCUT2D eigenvalue weighted by Crippen LogP contribution is -2.29. The van der Waals surface area contributed by atoms with E-state index in [9.17, 15) is 5.11 Å². The Morgan fingerprint density at radius 3 is 2.33 bits per heavy atom. The SMILES string of the molecule is C[C@H]1OC(O)C2OC(C)(C)OC21. The van der Waals surface area contributed by atoms with Crippen LogP contribution in [0, 0.1) is 0 Å². The fourth-order valence-corrected chi connectivity index (χ4v) is 1.78. The molecule has 2 heterocycles. The third-order valence-corrected chi connectivity index (χ3v) is 2.26. The van der Waals surface area contributed by atoms with E-state index in [1.54, 1.807) is 0 Å². The van der Waals surface area contributed by atoms with Gasteiger partial charge in [0.1, 0.15) is 12.2 Å². The molecule has 2 fully saturated rings. The van der Waals surface area contributed by atoms with Crippen molar-refractivity contribution in [3.8, 4) is 0 Å². The lowest BCUT2D eigenvalue weighted by Gasteiger charge is -2.20. The van der Waals surface area contributed by atoms with Crippen molar-refractivity contribution in [3.63, 3.8) is 0 Å². The van der Waals surface area contributed by atoms with Crippen LogP contribution in [0.3, 0.4) is 0 Å². The van der Waals surface area contributed by atoms with Crippen LogP contribution in [0.4, 0.5) is 0 Å². The average Bonchev–Trinajstić information content (AvgIpc) is 2.34. The second-order valence-electron chi connectivity index (χ2n) is 3.80. The molecule has 0 saturated carbocycles. The lowest BCUT2D eigenvalue weighted by molar-refractivity contribution is -0.217. The molecule has 4 atom stereocenters. The molecule has 70 valence electrons. The van der Waals surface area contributed by atoms with Gasteiger partial charge < -0.3 is 19.3 Å². The number of hydrogen-bond donors (Lipinski definition) is 1. The summed E-state index contributed by atoms with van der Waals surface area (Å²) in [5.74, 6) is -0.589. The van der Waals surface area contributed by atoms with E-state index in [0.29, 0.717) is 0 Å². The number of hydrogen-bond acceptors (Lipinski definition) is 4. The Hall–Kier alpha value is -0.160. The summed E-state index contributed by atoms with van der Waals surface area (Å²) < 4.78 is 16.1. The maximum atomic E-state index is 9.37. The minimum Gasteiger partial charge on any atom is -0.366 e. The first-order valence-corrected chi connectivity index (χ1v) is 4.19. The van der Waals surface area contributed by atoms with Crippen LogP contribution in [0.15, 0.2) is 0 Å². The smallest absolute Gasteiger partial charge is 0.184 e. The van der Waals surface area contributed by atoms with Gasteiger partial charge in [-0.3, -0.25) is 0 Å². The maximum Gasteiger partial charge on any atom is 0.184 e. The van der Waals surface area contributed by atoms with Crippen molar-refractivity contribution in [3.05, 3.63) is 0 Å². The largest absolute Gasteiger partial charge is 0.366 e. The number of aliphatic hydroxyl groups excluding tert-OH is 1. The molecular weight excluding hydrogens is 160 g/mol. The quantitative estimate of drug-likeness (QED) is 0.571. The van der Waals surface area contributed by atoms with Gasteiger partial charge in [-0.15, -0.1) is 0 Å². The number of fused-ring (bicyclic) bond motifs is 1. The Morgan fingerprint density at radius 1 is 1.17 bits per heavy atom. The van der Waals surface area contributed by atoms with E-state index in [-0.39, 0.29) is 18.3 Å². The van der Waals surface area contributed by atoms with Gasteiger partial charge >= 0.3 is 0 Å². The molecule has 2 rings (SSSR count). The molecule has 1 N–H and O–H groups in total. The van der Waals surface area contributed by atoms with Gasteiger partial charge in [0.25, 0.3) is 0 Å². The summed E-state index contributed by atoms with van der Waals surface area (Å²) in [6.07, 6.45) is -1.39. The van der Waals surface area contributed by atoms with E-state index in [2.05, 4.69) is 0 Å². The summed E-state index contributed by atoms with van der Waals surface area (Å²) in [4.78, 5) is 0. The highest BCUT2D eigenvalue weighted by Crippen LogP contribution is 2.37. The number of rotatable bonds is 0. The highest BCUT2D eigenvalue weighted by molar-refractivity contribution is 4.92. The zero-order valence-electron chi connectivity index (χ0n) is 7.48. The summed E-state index contributed by atoms with van der Waals surface area (Å²) in [6, 6.07) is 0. The molecule has 2 aliphatic heterocycles. The van der Waals surface area contributed by atoms with Crippen molar-refractivity contribution in [2.75, 3.05) is 0 Å². The fourth-order valence-electron chi connectivity index (χ4n) is 1.78. The highest BCUT2D eigenvalue weighted by atomic mass is 16.8. The third-order valence-electron chi connectivity index (χ3n) is 2.26. The molecule has 0 bridgehead atoms. The summed E-state index contributed by atoms with van der Waals surface area (Å²) in [5, 5.41) is 9.37. The topological polar surface area (TPSA) is 47.9 Å². The van der Waals surface area contributed by atoms with Gasteiger partial charge in [0, 0.05) is 0 Å². The lowest BCUT2D eigenvalue weighted by atomic mass is 10.2. The van der Waals surface area contributed by atoms with Crippen LogP contribution in [0.5, 0.6) is 0 Å². The summed E-state index contributed by atoms with van der Waals surface area (Å²) in [5.41, 5.74) is 0. The van der Waals surface area contributed by atoms with Gasteiger partial charge in [-0.25, -0.2) is 0 Å². The molecular formula is C8H14O4. The van der Waals surface area contributed by atoms with Crippen molar-refractivity contribution in [2.24, 2.45) is 0 Å². The predicted molar refractivity (Wildman–Crippen MR) is 40.4 cm³/mol. The van der Waals surface area contributed by atoms with Crippen molar-refractivity contribution >= 4 is 0 Å². The monoisotopic (exact) mass is 174 g/mol. The van der Waals surface area contributed by atoms with E-state index >= 15 is 0 Å². The van der Waals surface area contributed by atoms with Crippen LogP contribution >= 0.6 is 0 Å². The van der Waals surface area contributed by atoms with E-state index in [1.165, 1.54) is 0 Å². The molecule has 0 aromatic rings. The fraction of sp³-hybridized carbons (Fsp3) is 1.00. The van der Waals surface area contributed by atoms with Crippen LogP contribution in [0.25, 0.3) is 0 Å². The normalized spacial score (nSPS) is 51.0. The molecule has 0 radical (unpaired) electrons. The van der Waals surface area contributed by atoms with Crippen molar-refractivity contribution in [2.45, 2.75) is 51.2 Å². The Bertz CT molecular complexity index is 173. The zero-order valence-corrected chi connectivity index (χ0v) is 7.48. The number of ether oxygens (including phenoxy) is 3. The third kappa shape index (κ3) is 1.15. The van der Waals surface area contributed by atoms with E-state index < -0.39 is 12.1 Å². The molecule has 2 aliphatic rings. The minimum atomic E-state index is -0.841. The van der Waals surface area contributed by atoms with Gasteiger partial charge in [0.15, 0.2) is 12.1 Å². The molecule has 0 aromatic carbocycles. The average molecular weight is 174 g/mol. The second kappa shape index (κ2) is 2.42. The molecule has 0 aromatic heterocycles. The predicted octanol–water partition coefficient (Wildman–Crippen LogP) is 0.244. The first-order chi connectivity index (χ1) is 5.49. The summed E-state index contributed by atoms with van der Waals surface area (Å²) >= 11 is 0. The Balaban J connectivity index is 2.15. The van der Waals surface area contributed by atoms with Gasteiger partial charge in [-0.2, -0.15) is 0 Å². The Morgan fingerprint density at radius 2 is 1.75 bits per heavy atom. The first-order valence-electron chi connectivity index (χ1n) is 4.19. The Kier molecular flexibility index (Phi) is 1.70. The maximum absolute atomic E-state index is 9.37. The molecule has 4 heteroatoms. The van der Waals surface area contributed by atoms with Gasteiger partial charge in [0.05, 0.1) is 6.10 Å². The van der Waals surface area contributed by atoms with Crippen LogP contribution in [0.2, 0.25) is 0 Å². The Labute approximate surface area is 71.4 Å². The molecule has 12 heavy (non-hydrogen) atoms. The van der Waals surface area contributed by atoms with Crippen molar-refractivity contribution in [1.29, 1.82) is 0 Å². The van der Waals surface area contributed by atoms with E-state index in [4.69, 9.17) is 14.2 Å². The van der Waals surface area contributed by atoms with Crippen LogP contribution in [-0.4, -0.2) is 35.5 Å². The van der Waals surface area contributed by atoms with Crippen LogP contribution < -0.4 is 0 Å². The highest BCUT2D eigenvalue weighted by Gasteiger charge is 2.53. The van der Waals surface area contributed by atoms with Gasteiger partial charge in [-0.1, -0.05) is 0 Å². The number of aliphatic hydroxyl groups is 1. The summed E-state index contributed by atoms with van der Waals surface area (Å²) in [7, 11) is 0. The molecule has 4 nitrogen and oxygen atoms in total.